The molecule has 0 bridgehead atoms. The van der Waals surface area contributed by atoms with Gasteiger partial charge in [0.05, 0.1) is 6.61 Å². The van der Waals surface area contributed by atoms with Gasteiger partial charge in [-0.15, -0.1) is 11.3 Å². The number of fused-ring (bicyclic) bond motifs is 1. The van der Waals surface area contributed by atoms with Crippen LogP contribution in [0.15, 0.2) is 6.07 Å². The Morgan fingerprint density at radius 3 is 2.72 bits per heavy atom. The van der Waals surface area contributed by atoms with Gasteiger partial charge in [0, 0.05) is 30.4 Å². The number of hydrogen-bond donors (Lipinski definition) is 0. The Balaban J connectivity index is 1.47. The van der Waals surface area contributed by atoms with Crippen LogP contribution in [0.4, 0.5) is 0 Å². The lowest BCUT2D eigenvalue weighted by Gasteiger charge is -2.29. The highest BCUT2D eigenvalue weighted by Gasteiger charge is 2.26. The molecular formula is C20H32N2O2S. The molecule has 0 unspecified atom stereocenters. The third kappa shape index (κ3) is 4.76. The van der Waals surface area contributed by atoms with Crippen LogP contribution in [0.2, 0.25) is 0 Å². The molecule has 1 fully saturated rings. The van der Waals surface area contributed by atoms with Crippen molar-refractivity contribution in [3.63, 3.8) is 0 Å². The average Bonchev–Trinajstić information content (AvgIpc) is 3.28. The van der Waals surface area contributed by atoms with E-state index in [1.54, 1.807) is 11.3 Å². The molecular weight excluding hydrogens is 332 g/mol. The standard InChI is InChI=1S/C20H32N2O2S/c1-3-16(4-2)20(23)22-12-8-18-17(15-22)14-19(25-18)24-13-7-11-21-9-5-6-10-21/h14,16H,3-13,15H2,1-2H3. The summed E-state index contributed by atoms with van der Waals surface area (Å²) in [6.07, 6.45) is 6.65. The van der Waals surface area contributed by atoms with Crippen LogP contribution in [0.3, 0.4) is 0 Å². The number of thiophene rings is 1. The second-order valence-corrected chi connectivity index (χ2v) is 8.39. The molecule has 1 aromatic rings. The van der Waals surface area contributed by atoms with E-state index < -0.39 is 0 Å². The molecule has 2 aliphatic rings. The van der Waals surface area contributed by atoms with Crippen molar-refractivity contribution in [1.29, 1.82) is 0 Å². The fraction of sp³-hybridized carbons (Fsp3) is 0.750. The number of carbonyl (C=O) groups excluding carboxylic acids is 1. The van der Waals surface area contributed by atoms with Crippen molar-refractivity contribution in [2.24, 2.45) is 5.92 Å². The monoisotopic (exact) mass is 364 g/mol. The molecule has 3 heterocycles. The molecule has 2 aliphatic heterocycles. The Bertz CT molecular complexity index is 562. The zero-order valence-electron chi connectivity index (χ0n) is 15.8. The Morgan fingerprint density at radius 1 is 1.24 bits per heavy atom. The molecule has 4 nitrogen and oxygen atoms in total. The van der Waals surface area contributed by atoms with E-state index in [1.807, 2.05) is 4.90 Å². The number of likely N-dealkylation sites (tertiary alicyclic amines) is 1. The maximum atomic E-state index is 12.6. The van der Waals surface area contributed by atoms with Gasteiger partial charge in [0.15, 0.2) is 5.06 Å². The third-order valence-corrected chi connectivity index (χ3v) is 6.70. The summed E-state index contributed by atoms with van der Waals surface area (Å²) >= 11 is 1.78. The van der Waals surface area contributed by atoms with Crippen LogP contribution in [-0.2, 0) is 17.8 Å². The summed E-state index contributed by atoms with van der Waals surface area (Å²) in [5, 5.41) is 1.03. The molecule has 0 aromatic carbocycles. The van der Waals surface area contributed by atoms with Gasteiger partial charge in [-0.25, -0.2) is 0 Å². The van der Waals surface area contributed by atoms with E-state index in [2.05, 4.69) is 24.8 Å². The molecule has 140 valence electrons. The van der Waals surface area contributed by atoms with Crippen LogP contribution in [0, 0.1) is 5.92 Å². The van der Waals surface area contributed by atoms with Crippen LogP contribution >= 0.6 is 11.3 Å². The molecule has 0 aliphatic carbocycles. The molecule has 0 saturated carbocycles. The van der Waals surface area contributed by atoms with E-state index in [0.717, 1.165) is 57.0 Å². The van der Waals surface area contributed by atoms with Gasteiger partial charge in [-0.1, -0.05) is 13.8 Å². The molecule has 5 heteroatoms. The number of rotatable bonds is 8. The smallest absolute Gasteiger partial charge is 0.225 e. The zero-order valence-corrected chi connectivity index (χ0v) is 16.6. The van der Waals surface area contributed by atoms with E-state index in [4.69, 9.17) is 4.74 Å². The van der Waals surface area contributed by atoms with Crippen molar-refractivity contribution < 1.29 is 9.53 Å². The number of ether oxygens (including phenoxy) is 1. The summed E-state index contributed by atoms with van der Waals surface area (Å²) in [4.78, 5) is 18.6. The minimum absolute atomic E-state index is 0.182. The van der Waals surface area contributed by atoms with Gasteiger partial charge in [0.1, 0.15) is 0 Å². The van der Waals surface area contributed by atoms with Gasteiger partial charge in [-0.3, -0.25) is 4.79 Å². The molecule has 0 N–H and O–H groups in total. The summed E-state index contributed by atoms with van der Waals surface area (Å²) in [7, 11) is 0. The maximum absolute atomic E-state index is 12.6. The second kappa shape index (κ2) is 9.04. The van der Waals surface area contributed by atoms with E-state index in [-0.39, 0.29) is 5.92 Å². The Kier molecular flexibility index (Phi) is 6.77. The van der Waals surface area contributed by atoms with Gasteiger partial charge in [0.25, 0.3) is 0 Å². The Labute approximate surface area is 156 Å². The highest BCUT2D eigenvalue weighted by molar-refractivity contribution is 7.14. The van der Waals surface area contributed by atoms with Crippen molar-refractivity contribution in [1.82, 2.24) is 9.80 Å². The van der Waals surface area contributed by atoms with Crippen LogP contribution < -0.4 is 4.74 Å². The lowest BCUT2D eigenvalue weighted by atomic mass is 10.00. The molecule has 1 aromatic heterocycles. The predicted octanol–water partition coefficient (Wildman–Crippen LogP) is 3.93. The predicted molar refractivity (Wildman–Crippen MR) is 103 cm³/mol. The van der Waals surface area contributed by atoms with Gasteiger partial charge >= 0.3 is 0 Å². The SMILES string of the molecule is CCC(CC)C(=O)N1CCc2sc(OCCCN3CCCC3)cc2C1. The summed E-state index contributed by atoms with van der Waals surface area (Å²) < 4.78 is 5.99. The average molecular weight is 365 g/mol. The topological polar surface area (TPSA) is 32.8 Å². The number of nitrogens with zero attached hydrogens (tertiary/aromatic N) is 2. The summed E-state index contributed by atoms with van der Waals surface area (Å²) in [6, 6.07) is 2.17. The zero-order chi connectivity index (χ0) is 17.6. The first kappa shape index (κ1) is 18.7. The molecule has 1 amide bonds. The van der Waals surface area contributed by atoms with Crippen LogP contribution in [0.1, 0.15) is 56.4 Å². The third-order valence-electron chi connectivity index (χ3n) is 5.55. The first-order chi connectivity index (χ1) is 12.2. The summed E-state index contributed by atoms with van der Waals surface area (Å²) in [5.41, 5.74) is 1.30. The van der Waals surface area contributed by atoms with Crippen molar-refractivity contribution in [3.8, 4) is 5.06 Å². The van der Waals surface area contributed by atoms with E-state index in [9.17, 15) is 4.79 Å². The largest absolute Gasteiger partial charge is 0.484 e. The number of amides is 1. The van der Waals surface area contributed by atoms with Crippen LogP contribution in [-0.4, -0.2) is 48.5 Å². The lowest BCUT2D eigenvalue weighted by Crippen LogP contribution is -2.39. The summed E-state index contributed by atoms with van der Waals surface area (Å²) in [5.74, 6) is 0.511. The van der Waals surface area contributed by atoms with Crippen LogP contribution in [0.5, 0.6) is 5.06 Å². The Morgan fingerprint density at radius 2 is 2.00 bits per heavy atom. The minimum Gasteiger partial charge on any atom is -0.484 e. The van der Waals surface area contributed by atoms with E-state index in [1.165, 1.54) is 36.4 Å². The number of hydrogen-bond acceptors (Lipinski definition) is 4. The highest BCUT2D eigenvalue weighted by Crippen LogP contribution is 2.34. The highest BCUT2D eigenvalue weighted by atomic mass is 32.1. The van der Waals surface area contributed by atoms with Crippen molar-refractivity contribution in [2.45, 2.75) is 58.9 Å². The molecule has 1 saturated heterocycles. The molecule has 0 atom stereocenters. The first-order valence-electron chi connectivity index (χ1n) is 9.96. The second-order valence-electron chi connectivity index (χ2n) is 7.29. The molecule has 0 radical (unpaired) electrons. The minimum atomic E-state index is 0.182. The van der Waals surface area contributed by atoms with E-state index >= 15 is 0 Å². The van der Waals surface area contributed by atoms with Gasteiger partial charge in [-0.2, -0.15) is 0 Å². The first-order valence-corrected chi connectivity index (χ1v) is 10.8. The lowest BCUT2D eigenvalue weighted by molar-refractivity contribution is -0.136. The Hall–Kier alpha value is -1.07. The van der Waals surface area contributed by atoms with Crippen molar-refractivity contribution in [3.05, 3.63) is 16.5 Å². The molecule has 25 heavy (non-hydrogen) atoms. The van der Waals surface area contributed by atoms with Crippen molar-refractivity contribution in [2.75, 3.05) is 32.8 Å². The summed E-state index contributed by atoms with van der Waals surface area (Å²) in [6.45, 7) is 10.3. The van der Waals surface area contributed by atoms with Crippen molar-refractivity contribution >= 4 is 17.2 Å². The number of carbonyl (C=O) groups is 1. The maximum Gasteiger partial charge on any atom is 0.225 e. The molecule has 0 spiro atoms. The normalized spacial score (nSPS) is 18.0. The fourth-order valence-electron chi connectivity index (χ4n) is 3.93. The fourth-order valence-corrected chi connectivity index (χ4v) is 4.96. The van der Waals surface area contributed by atoms with Crippen LogP contribution in [0.25, 0.3) is 0 Å². The van der Waals surface area contributed by atoms with E-state index in [0.29, 0.717) is 5.91 Å². The quantitative estimate of drug-likeness (QED) is 0.655. The van der Waals surface area contributed by atoms with Gasteiger partial charge in [-0.05, 0) is 63.2 Å². The van der Waals surface area contributed by atoms with Gasteiger partial charge in [0.2, 0.25) is 5.91 Å². The van der Waals surface area contributed by atoms with Gasteiger partial charge < -0.3 is 14.5 Å². The molecule has 3 rings (SSSR count).